The van der Waals surface area contributed by atoms with Gasteiger partial charge in [-0.3, -0.25) is 9.67 Å². The second-order valence-electron chi connectivity index (χ2n) is 7.35. The average molecular weight is 463 g/mol. The van der Waals surface area contributed by atoms with Crippen LogP contribution < -0.4 is 4.90 Å². The van der Waals surface area contributed by atoms with E-state index in [1.165, 1.54) is 17.4 Å². The molecule has 0 radical (unpaired) electrons. The van der Waals surface area contributed by atoms with E-state index >= 15 is 0 Å². The number of benzene rings is 1. The maximum atomic E-state index is 14.2. The van der Waals surface area contributed by atoms with Gasteiger partial charge in [0.15, 0.2) is 29.1 Å². The molecule has 0 spiro atoms. The maximum Gasteiger partial charge on any atom is 0.165 e. The average Bonchev–Trinajstić information content (AvgIpc) is 3.60. The maximum absolute atomic E-state index is 14.2. The van der Waals surface area contributed by atoms with Crippen molar-refractivity contribution in [3.05, 3.63) is 66.0 Å². The van der Waals surface area contributed by atoms with E-state index < -0.39 is 11.6 Å². The van der Waals surface area contributed by atoms with Crippen LogP contribution in [0.4, 0.5) is 20.3 Å². The number of aromatic amines is 1. The molecule has 1 aliphatic rings. The number of halogens is 2. The third kappa shape index (κ3) is 3.02. The molecule has 164 valence electrons. The number of fused-ring (bicyclic) bond motifs is 3. The van der Waals surface area contributed by atoms with Crippen molar-refractivity contribution in [2.45, 2.75) is 19.4 Å². The normalized spacial score (nSPS) is 14.9. The molecule has 0 bridgehead atoms. The number of anilines is 2. The lowest BCUT2D eigenvalue weighted by molar-refractivity contribution is 0.507. The highest BCUT2D eigenvalue weighted by atomic mass is 32.1. The van der Waals surface area contributed by atoms with Crippen molar-refractivity contribution in [3.8, 4) is 27.8 Å². The van der Waals surface area contributed by atoms with E-state index in [1.807, 2.05) is 21.8 Å². The zero-order chi connectivity index (χ0) is 22.5. The standard InChI is InChI=1S/C21H15F2N9S/c1-2-15-20-30-27-10-31(20)16-9-25-18(12-8-26-29-17(12)21-24-5-6-33-21)28-19(16)32(15)11-3-4-13(22)14(23)7-11/h3-10,15H,2H2,1H3,(H,26,29). The summed E-state index contributed by atoms with van der Waals surface area (Å²) in [6.45, 7) is 1.99. The van der Waals surface area contributed by atoms with Gasteiger partial charge in [0.05, 0.1) is 24.0 Å². The highest BCUT2D eigenvalue weighted by Gasteiger charge is 2.35. The molecule has 0 aliphatic carbocycles. The topological polar surface area (TPSA) is 101 Å². The molecule has 4 aromatic heterocycles. The van der Waals surface area contributed by atoms with Crippen molar-refractivity contribution < 1.29 is 8.78 Å². The van der Waals surface area contributed by atoms with Gasteiger partial charge in [0, 0.05) is 23.3 Å². The number of hydrogen-bond acceptors (Lipinski definition) is 8. The monoisotopic (exact) mass is 463 g/mol. The predicted octanol–water partition coefficient (Wildman–Crippen LogP) is 4.45. The number of aromatic nitrogens is 8. The van der Waals surface area contributed by atoms with Gasteiger partial charge in [-0.05, 0) is 18.6 Å². The van der Waals surface area contributed by atoms with Crippen LogP contribution >= 0.6 is 11.3 Å². The van der Waals surface area contributed by atoms with Gasteiger partial charge in [0.1, 0.15) is 22.7 Å². The van der Waals surface area contributed by atoms with Crippen molar-refractivity contribution in [2.75, 3.05) is 4.90 Å². The Kier molecular flexibility index (Phi) is 4.47. The van der Waals surface area contributed by atoms with Crippen LogP contribution in [0.1, 0.15) is 25.2 Å². The molecular formula is C21H15F2N9S. The summed E-state index contributed by atoms with van der Waals surface area (Å²) in [4.78, 5) is 15.6. The first kappa shape index (κ1) is 19.6. The van der Waals surface area contributed by atoms with E-state index in [0.29, 0.717) is 46.5 Å². The van der Waals surface area contributed by atoms with Crippen LogP contribution in [0.25, 0.3) is 27.8 Å². The first-order valence-corrected chi connectivity index (χ1v) is 11.0. The van der Waals surface area contributed by atoms with E-state index in [-0.39, 0.29) is 6.04 Å². The second kappa shape index (κ2) is 7.52. The minimum atomic E-state index is -0.939. The number of hydrogen-bond donors (Lipinski definition) is 1. The molecule has 12 heteroatoms. The molecule has 1 aromatic carbocycles. The first-order chi connectivity index (χ1) is 16.2. The molecule has 1 aliphatic heterocycles. The van der Waals surface area contributed by atoms with E-state index in [1.54, 1.807) is 24.9 Å². The largest absolute Gasteiger partial charge is 0.314 e. The Balaban J connectivity index is 1.57. The second-order valence-corrected chi connectivity index (χ2v) is 8.24. The first-order valence-electron chi connectivity index (χ1n) is 10.1. The number of nitrogens with one attached hydrogen (secondary N) is 1. The van der Waals surface area contributed by atoms with Gasteiger partial charge < -0.3 is 4.90 Å². The van der Waals surface area contributed by atoms with Crippen LogP contribution in [0.5, 0.6) is 0 Å². The van der Waals surface area contributed by atoms with Crippen molar-refractivity contribution in [1.82, 2.24) is 39.9 Å². The molecule has 0 saturated heterocycles. The summed E-state index contributed by atoms with van der Waals surface area (Å²) < 4.78 is 29.7. The van der Waals surface area contributed by atoms with Gasteiger partial charge in [-0.25, -0.2) is 23.7 Å². The van der Waals surface area contributed by atoms with Gasteiger partial charge >= 0.3 is 0 Å². The molecule has 33 heavy (non-hydrogen) atoms. The summed E-state index contributed by atoms with van der Waals surface area (Å²) in [7, 11) is 0. The van der Waals surface area contributed by atoms with Crippen molar-refractivity contribution in [1.29, 1.82) is 0 Å². The highest BCUT2D eigenvalue weighted by molar-refractivity contribution is 7.13. The summed E-state index contributed by atoms with van der Waals surface area (Å²) in [5.74, 6) is -0.242. The van der Waals surface area contributed by atoms with Crippen LogP contribution in [0.2, 0.25) is 0 Å². The highest BCUT2D eigenvalue weighted by Crippen LogP contribution is 2.44. The third-order valence-electron chi connectivity index (χ3n) is 5.52. The van der Waals surface area contributed by atoms with Crippen LogP contribution in [0.15, 0.2) is 48.5 Å². The minimum Gasteiger partial charge on any atom is -0.314 e. The molecule has 0 amide bonds. The Morgan fingerprint density at radius 1 is 1.15 bits per heavy atom. The lowest BCUT2D eigenvalue weighted by atomic mass is 10.1. The molecule has 5 aromatic rings. The number of nitrogens with zero attached hydrogens (tertiary/aromatic N) is 8. The van der Waals surface area contributed by atoms with E-state index in [4.69, 9.17) is 4.98 Å². The van der Waals surface area contributed by atoms with Crippen LogP contribution in [0.3, 0.4) is 0 Å². The SMILES string of the molecule is CCC1c2nncn2-c2cnc(-c3cn[nH]c3-c3nccs3)nc2N1c1ccc(F)c(F)c1. The fraction of sp³-hybridized carbons (Fsp3) is 0.143. The summed E-state index contributed by atoms with van der Waals surface area (Å²) in [6, 6.07) is 3.50. The molecule has 0 saturated carbocycles. The number of H-pyrrole nitrogens is 1. The number of rotatable bonds is 4. The molecule has 1 N–H and O–H groups in total. The summed E-state index contributed by atoms with van der Waals surface area (Å²) in [6.07, 6.45) is 7.25. The number of thiazole rings is 1. The Morgan fingerprint density at radius 2 is 2.06 bits per heavy atom. The molecule has 6 rings (SSSR count). The Hall–Kier alpha value is -4.06. The van der Waals surface area contributed by atoms with E-state index in [2.05, 4.69) is 30.4 Å². The van der Waals surface area contributed by atoms with Gasteiger partial charge in [-0.15, -0.1) is 21.5 Å². The zero-order valence-corrected chi connectivity index (χ0v) is 18.0. The molecular weight excluding hydrogens is 448 g/mol. The lowest BCUT2D eigenvalue weighted by Gasteiger charge is -2.36. The van der Waals surface area contributed by atoms with Crippen LogP contribution in [0, 0.1) is 11.6 Å². The van der Waals surface area contributed by atoms with Gasteiger partial charge in [-0.2, -0.15) is 5.10 Å². The van der Waals surface area contributed by atoms with E-state index in [0.717, 1.165) is 17.1 Å². The van der Waals surface area contributed by atoms with Crippen molar-refractivity contribution in [3.63, 3.8) is 0 Å². The Morgan fingerprint density at radius 3 is 2.85 bits per heavy atom. The van der Waals surface area contributed by atoms with Gasteiger partial charge in [0.2, 0.25) is 0 Å². The quantitative estimate of drug-likeness (QED) is 0.420. The van der Waals surface area contributed by atoms with Gasteiger partial charge in [0.25, 0.3) is 0 Å². The van der Waals surface area contributed by atoms with Crippen molar-refractivity contribution in [2.24, 2.45) is 0 Å². The van der Waals surface area contributed by atoms with Crippen molar-refractivity contribution >= 4 is 22.8 Å². The summed E-state index contributed by atoms with van der Waals surface area (Å²) >= 11 is 1.47. The Bertz CT molecular complexity index is 1460. The molecule has 1 unspecified atom stereocenters. The molecule has 0 fully saturated rings. The third-order valence-corrected chi connectivity index (χ3v) is 6.31. The fourth-order valence-electron chi connectivity index (χ4n) is 4.03. The lowest BCUT2D eigenvalue weighted by Crippen LogP contribution is -2.32. The van der Waals surface area contributed by atoms with Crippen LogP contribution in [-0.2, 0) is 0 Å². The van der Waals surface area contributed by atoms with Crippen LogP contribution in [-0.4, -0.2) is 39.9 Å². The summed E-state index contributed by atoms with van der Waals surface area (Å²) in [5, 5.41) is 18.1. The minimum absolute atomic E-state index is 0.296. The van der Waals surface area contributed by atoms with Gasteiger partial charge in [-0.1, -0.05) is 6.92 Å². The summed E-state index contributed by atoms with van der Waals surface area (Å²) in [5.41, 5.74) is 2.47. The zero-order valence-electron chi connectivity index (χ0n) is 17.1. The Labute approximate surface area is 189 Å². The molecule has 1 atom stereocenters. The van der Waals surface area contributed by atoms with E-state index in [9.17, 15) is 8.78 Å². The molecule has 5 heterocycles. The molecule has 9 nitrogen and oxygen atoms in total. The fourth-order valence-corrected chi connectivity index (χ4v) is 4.68. The smallest absolute Gasteiger partial charge is 0.165 e. The predicted molar refractivity (Wildman–Crippen MR) is 117 cm³/mol.